The lowest BCUT2D eigenvalue weighted by molar-refractivity contribution is 0.410. The minimum Gasteiger partial charge on any atom is -0.496 e. The molecule has 0 aliphatic rings. The molecule has 2 aromatic carbocycles. The summed E-state index contributed by atoms with van der Waals surface area (Å²) in [6.07, 6.45) is 1.97. The molecule has 0 aromatic heterocycles. The second-order valence-electron chi connectivity index (χ2n) is 4.94. The van der Waals surface area contributed by atoms with E-state index in [9.17, 15) is 8.42 Å². The van der Waals surface area contributed by atoms with Gasteiger partial charge < -0.3 is 10.1 Å². The van der Waals surface area contributed by atoms with Gasteiger partial charge in [-0.15, -0.1) is 0 Å². The van der Waals surface area contributed by atoms with Crippen molar-refractivity contribution in [2.45, 2.75) is 6.42 Å². The second-order valence-corrected chi connectivity index (χ2v) is 6.69. The van der Waals surface area contributed by atoms with Crippen LogP contribution in [0.5, 0.6) is 5.75 Å². The van der Waals surface area contributed by atoms with Crippen LogP contribution in [0.4, 0.5) is 11.4 Å². The Kier molecular flexibility index (Phi) is 5.27. The lowest BCUT2D eigenvalue weighted by atomic mass is 10.1. The van der Waals surface area contributed by atoms with Gasteiger partial charge in [0.15, 0.2) is 0 Å². The molecule has 2 N–H and O–H groups in total. The topological polar surface area (TPSA) is 67.4 Å². The molecule has 2 rings (SSSR count). The molecule has 5 nitrogen and oxygen atoms in total. The first-order valence-electron chi connectivity index (χ1n) is 6.91. The Morgan fingerprint density at radius 1 is 1.00 bits per heavy atom. The summed E-state index contributed by atoms with van der Waals surface area (Å²) < 4.78 is 30.0. The number of hydrogen-bond acceptors (Lipinski definition) is 4. The standard InChI is InChI=1S/C16H20N2O3S/c1-21-16-6-4-3-5-13(16)11-12-17-14-7-9-15(10-8-14)18-22(2,19)20/h3-10,17-18H,11-12H2,1-2H3. The van der Waals surface area contributed by atoms with Crippen LogP contribution in [-0.4, -0.2) is 28.3 Å². The maximum Gasteiger partial charge on any atom is 0.229 e. The van der Waals surface area contributed by atoms with Gasteiger partial charge in [-0.3, -0.25) is 4.72 Å². The first kappa shape index (κ1) is 16.2. The van der Waals surface area contributed by atoms with E-state index >= 15 is 0 Å². The summed E-state index contributed by atoms with van der Waals surface area (Å²) in [6.45, 7) is 0.763. The smallest absolute Gasteiger partial charge is 0.229 e. The summed E-state index contributed by atoms with van der Waals surface area (Å²) in [5.41, 5.74) is 2.64. The number of methoxy groups -OCH3 is 1. The Morgan fingerprint density at radius 3 is 2.27 bits per heavy atom. The van der Waals surface area contributed by atoms with E-state index < -0.39 is 10.0 Å². The molecule has 0 bridgehead atoms. The van der Waals surface area contributed by atoms with Crippen LogP contribution in [0.25, 0.3) is 0 Å². The lowest BCUT2D eigenvalue weighted by Gasteiger charge is -2.10. The summed E-state index contributed by atoms with van der Waals surface area (Å²) in [6, 6.07) is 15.1. The number of rotatable bonds is 7. The fourth-order valence-electron chi connectivity index (χ4n) is 2.12. The molecule has 2 aromatic rings. The molecule has 0 spiro atoms. The Balaban J connectivity index is 1.89. The molecule has 0 amide bonds. The van der Waals surface area contributed by atoms with Gasteiger partial charge in [0, 0.05) is 17.9 Å². The Morgan fingerprint density at radius 2 is 1.64 bits per heavy atom. The molecule has 0 atom stereocenters. The minimum atomic E-state index is -3.24. The van der Waals surface area contributed by atoms with Crippen LogP contribution in [0.3, 0.4) is 0 Å². The molecule has 0 aliphatic carbocycles. The molecule has 22 heavy (non-hydrogen) atoms. The summed E-state index contributed by atoms with van der Waals surface area (Å²) in [7, 11) is -1.57. The molecule has 0 heterocycles. The van der Waals surface area contributed by atoms with Crippen LogP contribution >= 0.6 is 0 Å². The highest BCUT2D eigenvalue weighted by Crippen LogP contribution is 2.18. The molecule has 0 radical (unpaired) electrons. The number of anilines is 2. The van der Waals surface area contributed by atoms with Gasteiger partial charge in [-0.2, -0.15) is 0 Å². The zero-order valence-electron chi connectivity index (χ0n) is 12.7. The summed E-state index contributed by atoms with van der Waals surface area (Å²) in [5.74, 6) is 0.886. The maximum atomic E-state index is 11.1. The van der Waals surface area contributed by atoms with Gasteiger partial charge in [0.05, 0.1) is 13.4 Å². The van der Waals surface area contributed by atoms with Gasteiger partial charge >= 0.3 is 0 Å². The number of ether oxygens (including phenoxy) is 1. The third kappa shape index (κ3) is 4.96. The SMILES string of the molecule is COc1ccccc1CCNc1ccc(NS(C)(=O)=O)cc1. The van der Waals surface area contributed by atoms with Gasteiger partial charge in [-0.1, -0.05) is 18.2 Å². The highest BCUT2D eigenvalue weighted by molar-refractivity contribution is 7.92. The van der Waals surface area contributed by atoms with Crippen molar-refractivity contribution in [3.8, 4) is 5.75 Å². The van der Waals surface area contributed by atoms with Gasteiger partial charge in [0.2, 0.25) is 10.0 Å². The van der Waals surface area contributed by atoms with E-state index in [1.165, 1.54) is 0 Å². The molecule has 0 fully saturated rings. The lowest BCUT2D eigenvalue weighted by Crippen LogP contribution is -2.09. The van der Waals surface area contributed by atoms with Gasteiger partial charge in [-0.25, -0.2) is 8.42 Å². The van der Waals surface area contributed by atoms with Crippen LogP contribution < -0.4 is 14.8 Å². The zero-order valence-corrected chi connectivity index (χ0v) is 13.5. The Bertz CT molecular complexity index is 712. The third-order valence-electron chi connectivity index (χ3n) is 3.10. The first-order chi connectivity index (χ1) is 10.5. The van der Waals surface area contributed by atoms with E-state index in [1.807, 2.05) is 36.4 Å². The number of para-hydroxylation sites is 1. The van der Waals surface area contributed by atoms with Crippen molar-refractivity contribution in [2.75, 3.05) is 29.9 Å². The summed E-state index contributed by atoms with van der Waals surface area (Å²) >= 11 is 0. The molecular weight excluding hydrogens is 300 g/mol. The fraction of sp³-hybridized carbons (Fsp3) is 0.250. The first-order valence-corrected chi connectivity index (χ1v) is 8.81. The van der Waals surface area contributed by atoms with E-state index in [0.717, 1.165) is 36.2 Å². The number of benzene rings is 2. The minimum absolute atomic E-state index is 0.553. The normalized spacial score (nSPS) is 11.0. The van der Waals surface area contributed by atoms with Crippen molar-refractivity contribution in [2.24, 2.45) is 0 Å². The van der Waals surface area contributed by atoms with Crippen LogP contribution in [-0.2, 0) is 16.4 Å². The van der Waals surface area contributed by atoms with Crippen molar-refractivity contribution < 1.29 is 13.2 Å². The highest BCUT2D eigenvalue weighted by Gasteiger charge is 2.03. The maximum absolute atomic E-state index is 11.1. The molecule has 0 saturated heterocycles. The number of nitrogens with one attached hydrogen (secondary N) is 2. The molecular formula is C16H20N2O3S. The Hall–Kier alpha value is -2.21. The van der Waals surface area contributed by atoms with Crippen LogP contribution in [0.15, 0.2) is 48.5 Å². The highest BCUT2D eigenvalue weighted by atomic mass is 32.2. The van der Waals surface area contributed by atoms with Crippen LogP contribution in [0.1, 0.15) is 5.56 Å². The zero-order chi connectivity index (χ0) is 16.0. The van der Waals surface area contributed by atoms with E-state index in [0.29, 0.717) is 5.69 Å². The molecule has 0 unspecified atom stereocenters. The average molecular weight is 320 g/mol. The van der Waals surface area contributed by atoms with Crippen molar-refractivity contribution in [3.63, 3.8) is 0 Å². The number of hydrogen-bond donors (Lipinski definition) is 2. The quantitative estimate of drug-likeness (QED) is 0.823. The average Bonchev–Trinajstić information content (AvgIpc) is 2.48. The van der Waals surface area contributed by atoms with Gasteiger partial charge in [0.25, 0.3) is 0 Å². The predicted octanol–water partition coefficient (Wildman–Crippen LogP) is 2.72. The van der Waals surface area contributed by atoms with Crippen molar-refractivity contribution in [3.05, 3.63) is 54.1 Å². The second kappa shape index (κ2) is 7.17. The van der Waals surface area contributed by atoms with Crippen LogP contribution in [0.2, 0.25) is 0 Å². The molecule has 0 aliphatic heterocycles. The van der Waals surface area contributed by atoms with Crippen molar-refractivity contribution in [1.29, 1.82) is 0 Å². The predicted molar refractivity (Wildman–Crippen MR) is 90.1 cm³/mol. The third-order valence-corrected chi connectivity index (χ3v) is 3.71. The van der Waals surface area contributed by atoms with Crippen molar-refractivity contribution in [1.82, 2.24) is 0 Å². The van der Waals surface area contributed by atoms with E-state index in [2.05, 4.69) is 10.0 Å². The largest absolute Gasteiger partial charge is 0.496 e. The Labute approximate surface area is 131 Å². The van der Waals surface area contributed by atoms with Crippen molar-refractivity contribution >= 4 is 21.4 Å². The monoisotopic (exact) mass is 320 g/mol. The van der Waals surface area contributed by atoms with Gasteiger partial charge in [-0.05, 0) is 42.3 Å². The fourth-order valence-corrected chi connectivity index (χ4v) is 2.69. The molecule has 6 heteroatoms. The summed E-state index contributed by atoms with van der Waals surface area (Å²) in [5, 5.41) is 3.30. The van der Waals surface area contributed by atoms with E-state index in [4.69, 9.17) is 4.74 Å². The number of sulfonamides is 1. The van der Waals surface area contributed by atoms with Crippen LogP contribution in [0, 0.1) is 0 Å². The van der Waals surface area contributed by atoms with E-state index in [1.54, 1.807) is 19.2 Å². The molecule has 118 valence electrons. The summed E-state index contributed by atoms with van der Waals surface area (Å²) in [4.78, 5) is 0. The van der Waals surface area contributed by atoms with Gasteiger partial charge in [0.1, 0.15) is 5.75 Å². The molecule has 0 saturated carbocycles. The van der Waals surface area contributed by atoms with E-state index in [-0.39, 0.29) is 0 Å².